The molecule has 1 aromatic carbocycles. The van der Waals surface area contributed by atoms with Crippen molar-refractivity contribution >= 4 is 58.7 Å². The molecule has 3 nitrogen and oxygen atoms in total. The molecule has 0 saturated heterocycles. The van der Waals surface area contributed by atoms with Gasteiger partial charge in [0.15, 0.2) is 6.10 Å². The second-order valence-corrected chi connectivity index (χ2v) is 3.77. The summed E-state index contributed by atoms with van der Waals surface area (Å²) in [6, 6.07) is 4.65. The molecule has 0 bridgehead atoms. The molecule has 1 radical (unpaired) electrons. The Labute approximate surface area is 126 Å². The third-order valence-electron chi connectivity index (χ3n) is 1.81. The van der Waals surface area contributed by atoms with Crippen LogP contribution in [0.25, 0.3) is 0 Å². The van der Waals surface area contributed by atoms with Crippen molar-refractivity contribution < 1.29 is 14.6 Å². The molecule has 0 spiro atoms. The van der Waals surface area contributed by atoms with Crippen molar-refractivity contribution in [2.75, 3.05) is 0 Å². The Morgan fingerprint density at radius 1 is 1.50 bits per heavy atom. The van der Waals surface area contributed by atoms with Crippen LogP contribution in [0.15, 0.2) is 18.2 Å². The number of rotatable bonds is 4. The maximum atomic E-state index is 10.7. The first kappa shape index (κ1) is 16.1. The zero-order chi connectivity index (χ0) is 11.4. The molecule has 0 aliphatic carbocycles. The van der Waals surface area contributed by atoms with E-state index < -0.39 is 12.1 Å². The van der Waals surface area contributed by atoms with E-state index in [2.05, 4.69) is 0 Å². The molecule has 0 fully saturated rings. The van der Waals surface area contributed by atoms with E-state index in [9.17, 15) is 4.79 Å². The van der Waals surface area contributed by atoms with Gasteiger partial charge < -0.3 is 9.84 Å². The molecule has 1 N–H and O–H groups in total. The van der Waals surface area contributed by atoms with Gasteiger partial charge in [-0.25, -0.2) is 4.79 Å². The van der Waals surface area contributed by atoms with Crippen molar-refractivity contribution in [2.24, 2.45) is 0 Å². The minimum atomic E-state index is -1.01. The molecule has 0 aliphatic heterocycles. The topological polar surface area (TPSA) is 46.5 Å². The molecule has 16 heavy (non-hydrogen) atoms. The number of carbonyl (C=O) groups is 1. The predicted molar refractivity (Wildman–Crippen MR) is 64.6 cm³/mol. The molecule has 0 amide bonds. The fourth-order valence-electron chi connectivity index (χ4n) is 1.03. The number of ether oxygens (including phenoxy) is 1. The molecule has 0 saturated carbocycles. The van der Waals surface area contributed by atoms with Gasteiger partial charge in [-0.15, -0.1) is 0 Å². The molecular weight excluding hydrogens is 262 g/mol. The van der Waals surface area contributed by atoms with Crippen LogP contribution in [0.4, 0.5) is 0 Å². The Hall–Kier alpha value is 0.0700. The van der Waals surface area contributed by atoms with E-state index in [1.807, 2.05) is 0 Å². The molecule has 0 aromatic heterocycles. The van der Waals surface area contributed by atoms with Gasteiger partial charge in [-0.1, -0.05) is 30.1 Å². The third-order valence-corrected chi connectivity index (χ3v) is 2.34. The summed E-state index contributed by atoms with van der Waals surface area (Å²) in [5.41, 5.74) is 0. The van der Waals surface area contributed by atoms with Gasteiger partial charge in [-0.05, 0) is 24.6 Å². The number of carboxylic acids is 1. The molecule has 0 heterocycles. The zero-order valence-corrected chi connectivity index (χ0v) is 12.5. The Kier molecular flexibility index (Phi) is 7.44. The van der Waals surface area contributed by atoms with E-state index in [0.717, 1.165) is 0 Å². The van der Waals surface area contributed by atoms with Crippen LogP contribution in [0.2, 0.25) is 10.0 Å². The monoisotopic (exact) mass is 271 g/mol. The standard InChI is InChI=1S/C10H10Cl2O3.Na/c1-2-8(10(13)14)15-9-4-3-6(11)5-7(9)12;/h3-5,8H,2H2,1H3,(H,13,14);. The SMILES string of the molecule is CCC(Oc1ccc(Cl)cc1Cl)C(=O)O.[Na]. The average Bonchev–Trinajstić information content (AvgIpc) is 2.16. The Balaban J connectivity index is 0.00000225. The van der Waals surface area contributed by atoms with Gasteiger partial charge in [0.1, 0.15) is 5.75 Å². The van der Waals surface area contributed by atoms with Crippen LogP contribution in [-0.4, -0.2) is 46.7 Å². The van der Waals surface area contributed by atoms with Gasteiger partial charge in [0.05, 0.1) is 5.02 Å². The quantitative estimate of drug-likeness (QED) is 0.857. The van der Waals surface area contributed by atoms with E-state index in [-0.39, 0.29) is 29.6 Å². The van der Waals surface area contributed by atoms with Crippen LogP contribution in [0.3, 0.4) is 0 Å². The predicted octanol–water partition coefficient (Wildman–Crippen LogP) is 2.85. The van der Waals surface area contributed by atoms with Gasteiger partial charge in [-0.3, -0.25) is 0 Å². The van der Waals surface area contributed by atoms with E-state index in [1.165, 1.54) is 6.07 Å². The van der Waals surface area contributed by atoms with Gasteiger partial charge in [0.2, 0.25) is 0 Å². The Morgan fingerprint density at radius 2 is 2.12 bits per heavy atom. The summed E-state index contributed by atoms with van der Waals surface area (Å²) in [7, 11) is 0. The minimum Gasteiger partial charge on any atom is -0.479 e. The summed E-state index contributed by atoms with van der Waals surface area (Å²) in [5.74, 6) is -0.682. The fraction of sp³-hybridized carbons (Fsp3) is 0.300. The van der Waals surface area contributed by atoms with Crippen molar-refractivity contribution in [3.63, 3.8) is 0 Å². The summed E-state index contributed by atoms with van der Waals surface area (Å²) < 4.78 is 5.22. The smallest absolute Gasteiger partial charge is 0.344 e. The van der Waals surface area contributed by atoms with Crippen LogP contribution < -0.4 is 4.74 Å². The van der Waals surface area contributed by atoms with E-state index in [4.69, 9.17) is 33.0 Å². The number of benzene rings is 1. The molecule has 0 aliphatic rings. The minimum absolute atomic E-state index is 0. The zero-order valence-electron chi connectivity index (χ0n) is 9.04. The first-order valence-corrected chi connectivity index (χ1v) is 5.14. The summed E-state index contributed by atoms with van der Waals surface area (Å²) in [5, 5.41) is 9.58. The third kappa shape index (κ3) is 4.52. The van der Waals surface area contributed by atoms with Gasteiger partial charge in [0.25, 0.3) is 0 Å². The van der Waals surface area contributed by atoms with Gasteiger partial charge >= 0.3 is 5.97 Å². The number of hydrogen-bond donors (Lipinski definition) is 1. The normalized spacial score (nSPS) is 11.4. The van der Waals surface area contributed by atoms with Crippen LogP contribution in [0, 0.1) is 0 Å². The van der Waals surface area contributed by atoms with Gasteiger partial charge in [0, 0.05) is 34.6 Å². The Morgan fingerprint density at radius 3 is 2.56 bits per heavy atom. The second kappa shape index (κ2) is 7.41. The summed E-state index contributed by atoms with van der Waals surface area (Å²) in [6.07, 6.45) is -0.516. The molecular formula is C10H10Cl2NaO3. The Bertz CT molecular complexity index is 371. The fourth-order valence-corrected chi connectivity index (χ4v) is 1.49. The molecule has 1 unspecified atom stereocenters. The summed E-state index contributed by atoms with van der Waals surface area (Å²) >= 11 is 11.5. The van der Waals surface area contributed by atoms with Gasteiger partial charge in [-0.2, -0.15) is 0 Å². The van der Waals surface area contributed by atoms with E-state index in [0.29, 0.717) is 22.2 Å². The van der Waals surface area contributed by atoms with Crippen molar-refractivity contribution in [3.05, 3.63) is 28.2 Å². The molecule has 1 atom stereocenters. The molecule has 1 aromatic rings. The second-order valence-electron chi connectivity index (χ2n) is 2.93. The van der Waals surface area contributed by atoms with Crippen molar-refractivity contribution in [2.45, 2.75) is 19.4 Å². The molecule has 83 valence electrons. The van der Waals surface area contributed by atoms with E-state index >= 15 is 0 Å². The first-order chi connectivity index (χ1) is 7.04. The summed E-state index contributed by atoms with van der Waals surface area (Å²) in [4.78, 5) is 10.7. The number of aliphatic carboxylic acids is 1. The van der Waals surface area contributed by atoms with Crippen LogP contribution in [0.5, 0.6) is 5.75 Å². The van der Waals surface area contributed by atoms with Crippen LogP contribution in [0.1, 0.15) is 13.3 Å². The molecule has 1 rings (SSSR count). The van der Waals surface area contributed by atoms with Crippen molar-refractivity contribution in [1.29, 1.82) is 0 Å². The van der Waals surface area contributed by atoms with Crippen LogP contribution in [-0.2, 0) is 4.79 Å². The maximum absolute atomic E-state index is 10.7. The first-order valence-electron chi connectivity index (χ1n) is 4.39. The van der Waals surface area contributed by atoms with Crippen molar-refractivity contribution in [3.8, 4) is 5.75 Å². The van der Waals surface area contributed by atoms with Crippen LogP contribution >= 0.6 is 23.2 Å². The molecule has 6 heteroatoms. The largest absolute Gasteiger partial charge is 0.479 e. The average molecular weight is 272 g/mol. The summed E-state index contributed by atoms with van der Waals surface area (Å²) in [6.45, 7) is 1.72. The maximum Gasteiger partial charge on any atom is 0.344 e. The van der Waals surface area contributed by atoms with Crippen molar-refractivity contribution in [1.82, 2.24) is 0 Å². The number of halogens is 2. The van der Waals surface area contributed by atoms with E-state index in [1.54, 1.807) is 19.1 Å². The number of hydrogen-bond acceptors (Lipinski definition) is 2. The number of carboxylic acid groups (broad SMARTS) is 1.